The third-order valence-corrected chi connectivity index (χ3v) is 4.72. The molecule has 0 saturated carbocycles. The number of nitrogens with one attached hydrogen (secondary N) is 1. The standard InChI is InChI=1S/C11H12FN3O2S/c12-10-2-1-3-11(9(10)8-13)18(16,17)15-6-4-14-5-7-15/h1-3,14H,4-7H2. The second kappa shape index (κ2) is 5.02. The quantitative estimate of drug-likeness (QED) is 0.837. The first-order chi connectivity index (χ1) is 8.57. The van der Waals surface area contributed by atoms with Crippen molar-refractivity contribution in [3.63, 3.8) is 0 Å². The van der Waals surface area contributed by atoms with Crippen molar-refractivity contribution in [1.82, 2.24) is 9.62 Å². The van der Waals surface area contributed by atoms with Gasteiger partial charge in [0.05, 0.1) is 0 Å². The normalized spacial score (nSPS) is 17.3. The Bertz CT molecular complexity index is 589. The highest BCUT2D eigenvalue weighted by atomic mass is 32.2. The van der Waals surface area contributed by atoms with E-state index in [1.165, 1.54) is 16.4 Å². The van der Waals surface area contributed by atoms with Gasteiger partial charge in [-0.25, -0.2) is 12.8 Å². The summed E-state index contributed by atoms with van der Waals surface area (Å²) in [6.45, 7) is 1.75. The van der Waals surface area contributed by atoms with Gasteiger partial charge in [-0.3, -0.25) is 0 Å². The minimum atomic E-state index is -3.80. The second-order valence-corrected chi connectivity index (χ2v) is 5.79. The molecule has 5 nitrogen and oxygen atoms in total. The molecule has 0 atom stereocenters. The first-order valence-corrected chi connectivity index (χ1v) is 6.91. The Morgan fingerprint density at radius 3 is 2.61 bits per heavy atom. The molecule has 0 spiro atoms. The lowest BCUT2D eigenvalue weighted by Crippen LogP contribution is -2.46. The van der Waals surface area contributed by atoms with E-state index in [1.807, 2.05) is 0 Å². The fourth-order valence-corrected chi connectivity index (χ4v) is 3.44. The molecular weight excluding hydrogens is 257 g/mol. The maximum Gasteiger partial charge on any atom is 0.244 e. The van der Waals surface area contributed by atoms with Crippen molar-refractivity contribution in [2.24, 2.45) is 0 Å². The molecule has 1 saturated heterocycles. The number of sulfonamides is 1. The molecule has 96 valence electrons. The summed E-state index contributed by atoms with van der Waals surface area (Å²) in [5.74, 6) is -0.811. The molecule has 0 amide bonds. The third-order valence-electron chi connectivity index (χ3n) is 2.78. The maximum absolute atomic E-state index is 13.4. The van der Waals surface area contributed by atoms with E-state index < -0.39 is 21.4 Å². The molecule has 1 aliphatic rings. The highest BCUT2D eigenvalue weighted by molar-refractivity contribution is 7.89. The molecule has 1 aliphatic heterocycles. The Hall–Kier alpha value is -1.49. The fraction of sp³-hybridized carbons (Fsp3) is 0.364. The summed E-state index contributed by atoms with van der Waals surface area (Å²) >= 11 is 0. The molecule has 0 aliphatic carbocycles. The number of piperazine rings is 1. The number of hydrogen-bond acceptors (Lipinski definition) is 4. The van der Waals surface area contributed by atoms with Gasteiger partial charge in [0.2, 0.25) is 10.0 Å². The number of rotatable bonds is 2. The average Bonchev–Trinajstić information content (AvgIpc) is 2.39. The highest BCUT2D eigenvalue weighted by Gasteiger charge is 2.29. The van der Waals surface area contributed by atoms with Crippen LogP contribution in [0.2, 0.25) is 0 Å². The zero-order valence-corrected chi connectivity index (χ0v) is 10.4. The molecule has 0 bridgehead atoms. The Balaban J connectivity index is 2.48. The lowest BCUT2D eigenvalue weighted by Gasteiger charge is -2.26. The topological polar surface area (TPSA) is 73.2 Å². The van der Waals surface area contributed by atoms with Crippen LogP contribution in [0.15, 0.2) is 23.1 Å². The summed E-state index contributed by atoms with van der Waals surface area (Å²) < 4.78 is 39.3. The van der Waals surface area contributed by atoms with Gasteiger partial charge in [-0.1, -0.05) is 6.07 Å². The van der Waals surface area contributed by atoms with E-state index in [4.69, 9.17) is 5.26 Å². The fourth-order valence-electron chi connectivity index (χ4n) is 1.85. The smallest absolute Gasteiger partial charge is 0.244 e. The molecule has 1 N–H and O–H groups in total. The number of nitrogens with zero attached hydrogens (tertiary/aromatic N) is 2. The van der Waals surface area contributed by atoms with Crippen molar-refractivity contribution in [3.05, 3.63) is 29.6 Å². The van der Waals surface area contributed by atoms with E-state index >= 15 is 0 Å². The predicted octanol–water partition coefficient (Wildman–Crippen LogP) is 0.291. The van der Waals surface area contributed by atoms with E-state index in [0.29, 0.717) is 26.2 Å². The average molecular weight is 269 g/mol. The van der Waals surface area contributed by atoms with E-state index in [0.717, 1.165) is 6.07 Å². The number of benzene rings is 1. The molecular formula is C11H12FN3O2S. The summed E-state index contributed by atoms with van der Waals surface area (Å²) in [6.07, 6.45) is 0. The van der Waals surface area contributed by atoms with E-state index in [9.17, 15) is 12.8 Å². The predicted molar refractivity (Wildman–Crippen MR) is 62.7 cm³/mol. The lowest BCUT2D eigenvalue weighted by atomic mass is 10.2. The highest BCUT2D eigenvalue weighted by Crippen LogP contribution is 2.22. The maximum atomic E-state index is 13.4. The summed E-state index contributed by atoms with van der Waals surface area (Å²) in [7, 11) is -3.80. The van der Waals surface area contributed by atoms with Crippen LogP contribution in [-0.4, -0.2) is 38.9 Å². The second-order valence-electron chi connectivity index (χ2n) is 3.88. The van der Waals surface area contributed by atoms with Crippen molar-refractivity contribution < 1.29 is 12.8 Å². The Labute approximate surface area is 105 Å². The molecule has 7 heteroatoms. The monoisotopic (exact) mass is 269 g/mol. The SMILES string of the molecule is N#Cc1c(F)cccc1S(=O)(=O)N1CCNCC1. The van der Waals surface area contributed by atoms with E-state index in [-0.39, 0.29) is 4.90 Å². The van der Waals surface area contributed by atoms with Gasteiger partial charge in [0.15, 0.2) is 0 Å². The van der Waals surface area contributed by atoms with Gasteiger partial charge < -0.3 is 5.32 Å². The van der Waals surface area contributed by atoms with Gasteiger partial charge in [0.25, 0.3) is 0 Å². The zero-order valence-electron chi connectivity index (χ0n) is 9.56. The van der Waals surface area contributed by atoms with Crippen LogP contribution in [0.5, 0.6) is 0 Å². The first-order valence-electron chi connectivity index (χ1n) is 5.47. The van der Waals surface area contributed by atoms with Crippen molar-refractivity contribution >= 4 is 10.0 Å². The zero-order chi connectivity index (χ0) is 13.2. The van der Waals surface area contributed by atoms with Crippen molar-refractivity contribution in [3.8, 4) is 6.07 Å². The van der Waals surface area contributed by atoms with Crippen molar-refractivity contribution in [2.75, 3.05) is 26.2 Å². The third kappa shape index (κ3) is 2.22. The van der Waals surface area contributed by atoms with E-state index in [1.54, 1.807) is 6.07 Å². The summed E-state index contributed by atoms with van der Waals surface area (Å²) in [5, 5.41) is 11.9. The van der Waals surface area contributed by atoms with Crippen LogP contribution in [0.1, 0.15) is 5.56 Å². The van der Waals surface area contributed by atoms with Crippen LogP contribution in [0.3, 0.4) is 0 Å². The van der Waals surface area contributed by atoms with Crippen LogP contribution in [0.4, 0.5) is 4.39 Å². The van der Waals surface area contributed by atoms with Crippen LogP contribution >= 0.6 is 0 Å². The van der Waals surface area contributed by atoms with Gasteiger partial charge in [-0.05, 0) is 12.1 Å². The van der Waals surface area contributed by atoms with Crippen molar-refractivity contribution in [2.45, 2.75) is 4.90 Å². The van der Waals surface area contributed by atoms with Crippen LogP contribution in [0, 0.1) is 17.1 Å². The van der Waals surface area contributed by atoms with Gasteiger partial charge in [-0.2, -0.15) is 9.57 Å². The first kappa shape index (κ1) is 13.0. The summed E-state index contributed by atoms with van der Waals surface area (Å²) in [5.41, 5.74) is -0.420. The summed E-state index contributed by atoms with van der Waals surface area (Å²) in [6, 6.07) is 5.25. The Morgan fingerprint density at radius 2 is 2.00 bits per heavy atom. The minimum Gasteiger partial charge on any atom is -0.314 e. The van der Waals surface area contributed by atoms with Crippen LogP contribution < -0.4 is 5.32 Å². The summed E-state index contributed by atoms with van der Waals surface area (Å²) in [4.78, 5) is -0.257. The molecule has 2 rings (SSSR count). The Kier molecular flexibility index (Phi) is 3.61. The number of nitriles is 1. The number of hydrogen-bond donors (Lipinski definition) is 1. The van der Waals surface area contributed by atoms with E-state index in [2.05, 4.69) is 5.32 Å². The molecule has 1 aromatic rings. The van der Waals surface area contributed by atoms with Gasteiger partial charge in [0, 0.05) is 26.2 Å². The minimum absolute atomic E-state index is 0.257. The molecule has 18 heavy (non-hydrogen) atoms. The largest absolute Gasteiger partial charge is 0.314 e. The molecule has 0 aromatic heterocycles. The molecule has 1 aromatic carbocycles. The molecule has 1 fully saturated rings. The molecule has 0 unspecified atom stereocenters. The van der Waals surface area contributed by atoms with Crippen LogP contribution in [0.25, 0.3) is 0 Å². The lowest BCUT2D eigenvalue weighted by molar-refractivity contribution is 0.360. The molecule has 1 heterocycles. The van der Waals surface area contributed by atoms with Gasteiger partial charge in [0.1, 0.15) is 22.3 Å². The Morgan fingerprint density at radius 1 is 1.33 bits per heavy atom. The van der Waals surface area contributed by atoms with Gasteiger partial charge >= 0.3 is 0 Å². The molecule has 0 radical (unpaired) electrons. The van der Waals surface area contributed by atoms with Crippen molar-refractivity contribution in [1.29, 1.82) is 5.26 Å². The van der Waals surface area contributed by atoms with Gasteiger partial charge in [-0.15, -0.1) is 0 Å². The number of halogens is 1. The van der Waals surface area contributed by atoms with Crippen LogP contribution in [-0.2, 0) is 10.0 Å².